The minimum Gasteiger partial charge on any atom is -0.256 e. The van der Waals surface area contributed by atoms with Crippen LogP contribution in [0.5, 0.6) is 0 Å². The van der Waals surface area contributed by atoms with Gasteiger partial charge in [-0.05, 0) is 79.2 Å². The molecule has 0 saturated heterocycles. The molecule has 0 saturated carbocycles. The van der Waals surface area contributed by atoms with Crippen molar-refractivity contribution in [2.75, 3.05) is 0 Å². The Morgan fingerprint density at radius 3 is 1.35 bits per heavy atom. The molecule has 0 spiro atoms. The fourth-order valence-corrected chi connectivity index (χ4v) is 7.43. The van der Waals surface area contributed by atoms with E-state index in [1.165, 1.54) is 32.3 Å². The molecule has 10 rings (SSSR count). The van der Waals surface area contributed by atoms with Crippen molar-refractivity contribution in [3.8, 4) is 56.5 Å². The van der Waals surface area contributed by atoms with E-state index in [9.17, 15) is 0 Å². The summed E-state index contributed by atoms with van der Waals surface area (Å²) in [6.45, 7) is 0. The fraction of sp³-hybridized carbons (Fsp3) is 0. The Morgan fingerprint density at radius 2 is 0.731 bits per heavy atom. The summed E-state index contributed by atoms with van der Waals surface area (Å²) in [4.78, 5) is 20.1. The average Bonchev–Trinajstić information content (AvgIpc) is 3.23. The van der Waals surface area contributed by atoms with Gasteiger partial charge in [0.05, 0.1) is 5.69 Å². The van der Waals surface area contributed by atoms with Crippen LogP contribution in [-0.2, 0) is 0 Å². The number of hydrogen-bond donors (Lipinski definition) is 0. The quantitative estimate of drug-likeness (QED) is 0.172. The van der Waals surface area contributed by atoms with E-state index < -0.39 is 0 Å². The van der Waals surface area contributed by atoms with E-state index in [1.54, 1.807) is 0 Å². The number of hydrogen-bond acceptors (Lipinski definition) is 4. The first-order valence-electron chi connectivity index (χ1n) is 17.5. The molecule has 242 valence electrons. The van der Waals surface area contributed by atoms with Gasteiger partial charge in [-0.15, -0.1) is 0 Å². The second kappa shape index (κ2) is 12.4. The molecule has 0 aliphatic rings. The van der Waals surface area contributed by atoms with E-state index in [1.807, 2.05) is 66.9 Å². The van der Waals surface area contributed by atoms with Crippen molar-refractivity contribution in [1.29, 1.82) is 0 Å². The van der Waals surface area contributed by atoms with Crippen molar-refractivity contribution in [2.45, 2.75) is 0 Å². The zero-order chi connectivity index (χ0) is 34.4. The van der Waals surface area contributed by atoms with Gasteiger partial charge in [-0.2, -0.15) is 0 Å². The molecule has 10 aromatic rings. The molecule has 2 aromatic heterocycles. The summed E-state index contributed by atoms with van der Waals surface area (Å²) in [5.41, 5.74) is 6.84. The lowest BCUT2D eigenvalue weighted by atomic mass is 9.91. The summed E-state index contributed by atoms with van der Waals surface area (Å²) >= 11 is 0. The van der Waals surface area contributed by atoms with Gasteiger partial charge in [0.15, 0.2) is 17.5 Å². The molecule has 4 heteroatoms. The van der Waals surface area contributed by atoms with Crippen LogP contribution in [0, 0.1) is 0 Å². The lowest BCUT2D eigenvalue weighted by Gasteiger charge is -2.15. The molecule has 0 atom stereocenters. The first-order valence-corrected chi connectivity index (χ1v) is 17.5. The van der Waals surface area contributed by atoms with Crippen molar-refractivity contribution in [1.82, 2.24) is 19.9 Å². The van der Waals surface area contributed by atoms with Crippen LogP contribution in [-0.4, -0.2) is 19.9 Å². The number of aromatic nitrogens is 4. The summed E-state index contributed by atoms with van der Waals surface area (Å²) in [6, 6.07) is 61.6. The Hall–Kier alpha value is -7.04. The molecule has 0 unspecified atom stereocenters. The highest BCUT2D eigenvalue weighted by Gasteiger charge is 2.17. The van der Waals surface area contributed by atoms with Gasteiger partial charge in [-0.25, -0.2) is 15.0 Å². The van der Waals surface area contributed by atoms with Crippen LogP contribution in [0.4, 0.5) is 0 Å². The molecule has 0 fully saturated rings. The standard InChI is InChI=1S/C48H30N4/c1-3-14-32(15-4-1)46-50-47(33-16-5-2-6-17-33)52-48(51-46)37-28-35(27-36(29-37)45-38-18-8-7-13-31(38)25-26-49-45)34-23-24-43-41-21-10-9-19-39(41)40-20-11-12-22-42(40)44(43)30-34/h1-30H. The van der Waals surface area contributed by atoms with Gasteiger partial charge in [0, 0.05) is 33.8 Å². The number of benzene rings is 8. The molecule has 0 bridgehead atoms. The van der Waals surface area contributed by atoms with E-state index in [2.05, 4.69) is 115 Å². The highest BCUT2D eigenvalue weighted by molar-refractivity contribution is 6.25. The highest BCUT2D eigenvalue weighted by Crippen LogP contribution is 2.39. The smallest absolute Gasteiger partial charge is 0.164 e. The molecular formula is C48H30N4. The maximum Gasteiger partial charge on any atom is 0.164 e. The number of fused-ring (bicyclic) bond motifs is 7. The van der Waals surface area contributed by atoms with E-state index in [0.29, 0.717) is 17.5 Å². The highest BCUT2D eigenvalue weighted by atomic mass is 15.0. The summed E-state index contributed by atoms with van der Waals surface area (Å²) in [7, 11) is 0. The molecule has 0 amide bonds. The van der Waals surface area contributed by atoms with E-state index >= 15 is 0 Å². The van der Waals surface area contributed by atoms with Crippen LogP contribution in [0.2, 0.25) is 0 Å². The predicted molar refractivity (Wildman–Crippen MR) is 215 cm³/mol. The average molecular weight is 663 g/mol. The topological polar surface area (TPSA) is 51.6 Å². The maximum atomic E-state index is 5.11. The van der Waals surface area contributed by atoms with Crippen LogP contribution in [0.15, 0.2) is 182 Å². The number of rotatable bonds is 5. The second-order valence-electron chi connectivity index (χ2n) is 13.1. The van der Waals surface area contributed by atoms with Gasteiger partial charge < -0.3 is 0 Å². The van der Waals surface area contributed by atoms with Crippen molar-refractivity contribution in [3.05, 3.63) is 182 Å². The number of pyridine rings is 1. The summed E-state index contributed by atoms with van der Waals surface area (Å²) in [5.74, 6) is 1.86. The second-order valence-corrected chi connectivity index (χ2v) is 13.1. The molecule has 2 heterocycles. The van der Waals surface area contributed by atoms with Gasteiger partial charge in [-0.3, -0.25) is 4.98 Å². The lowest BCUT2D eigenvalue weighted by molar-refractivity contribution is 1.07. The van der Waals surface area contributed by atoms with Gasteiger partial charge >= 0.3 is 0 Å². The summed E-state index contributed by atoms with van der Waals surface area (Å²) < 4.78 is 0. The van der Waals surface area contributed by atoms with E-state index in [4.69, 9.17) is 19.9 Å². The normalized spacial score (nSPS) is 11.5. The molecule has 52 heavy (non-hydrogen) atoms. The third-order valence-electron chi connectivity index (χ3n) is 9.92. The minimum atomic E-state index is 0.605. The SMILES string of the molecule is c1ccc(-c2nc(-c3ccccc3)nc(-c3cc(-c4ccc5c6ccccc6c6ccccc6c5c4)cc(-c4nccc5ccccc45)c3)n2)cc1. The summed E-state index contributed by atoms with van der Waals surface area (Å²) in [6.07, 6.45) is 1.89. The van der Waals surface area contributed by atoms with Crippen LogP contribution in [0.3, 0.4) is 0 Å². The zero-order valence-corrected chi connectivity index (χ0v) is 28.1. The lowest BCUT2D eigenvalue weighted by Crippen LogP contribution is -2.00. The Balaban J connectivity index is 1.25. The Labute approximate surface area is 300 Å². The zero-order valence-electron chi connectivity index (χ0n) is 28.1. The molecule has 8 aromatic carbocycles. The van der Waals surface area contributed by atoms with Crippen LogP contribution >= 0.6 is 0 Å². The fourth-order valence-electron chi connectivity index (χ4n) is 7.43. The van der Waals surface area contributed by atoms with Crippen molar-refractivity contribution < 1.29 is 0 Å². The minimum absolute atomic E-state index is 0.605. The first kappa shape index (κ1) is 29.8. The third-order valence-corrected chi connectivity index (χ3v) is 9.92. The molecule has 0 aliphatic carbocycles. The molecule has 0 aliphatic heterocycles. The van der Waals surface area contributed by atoms with Gasteiger partial charge in [0.25, 0.3) is 0 Å². The first-order chi connectivity index (χ1) is 25.8. The van der Waals surface area contributed by atoms with Gasteiger partial charge in [0.2, 0.25) is 0 Å². The Morgan fingerprint density at radius 1 is 0.269 bits per heavy atom. The maximum absolute atomic E-state index is 5.11. The molecular weight excluding hydrogens is 633 g/mol. The molecule has 0 radical (unpaired) electrons. The van der Waals surface area contributed by atoms with Crippen LogP contribution in [0.1, 0.15) is 0 Å². The van der Waals surface area contributed by atoms with E-state index in [0.717, 1.165) is 49.8 Å². The largest absolute Gasteiger partial charge is 0.256 e. The van der Waals surface area contributed by atoms with Crippen molar-refractivity contribution >= 4 is 43.1 Å². The molecule has 0 N–H and O–H groups in total. The monoisotopic (exact) mass is 662 g/mol. The van der Waals surface area contributed by atoms with Gasteiger partial charge in [-0.1, -0.05) is 146 Å². The van der Waals surface area contributed by atoms with Crippen molar-refractivity contribution in [2.24, 2.45) is 0 Å². The van der Waals surface area contributed by atoms with Gasteiger partial charge in [0.1, 0.15) is 0 Å². The predicted octanol–water partition coefficient (Wildman–Crippen LogP) is 12.2. The van der Waals surface area contributed by atoms with Crippen molar-refractivity contribution in [3.63, 3.8) is 0 Å². The van der Waals surface area contributed by atoms with E-state index in [-0.39, 0.29) is 0 Å². The number of nitrogens with zero attached hydrogens (tertiary/aromatic N) is 4. The van der Waals surface area contributed by atoms with Crippen LogP contribution < -0.4 is 0 Å². The Kier molecular flexibility index (Phi) is 7.10. The van der Waals surface area contributed by atoms with Crippen LogP contribution in [0.25, 0.3) is 99.6 Å². The Bertz CT molecular complexity index is 2860. The third kappa shape index (κ3) is 5.17. The molecule has 4 nitrogen and oxygen atoms in total. The summed E-state index contributed by atoms with van der Waals surface area (Å²) in [5, 5.41) is 9.71.